The number of carbonyl (C=O) groups excluding carboxylic acids is 1. The smallest absolute Gasteiger partial charge is 0.253 e. The molecule has 1 atom stereocenters. The number of aryl methyl sites for hydroxylation is 1. The van der Waals surface area contributed by atoms with Gasteiger partial charge in [-0.3, -0.25) is 9.69 Å². The van der Waals surface area contributed by atoms with Gasteiger partial charge in [-0.25, -0.2) is 0 Å². The maximum absolute atomic E-state index is 12.8. The lowest BCUT2D eigenvalue weighted by molar-refractivity contribution is 0.0587. The average Bonchev–Trinajstić information content (AvgIpc) is 3.26. The van der Waals surface area contributed by atoms with Crippen LogP contribution in [0.4, 0.5) is 0 Å². The molecule has 2 aliphatic rings. The normalized spacial score (nSPS) is 22.3. The van der Waals surface area contributed by atoms with E-state index in [2.05, 4.69) is 28.9 Å². The van der Waals surface area contributed by atoms with Crippen molar-refractivity contribution in [2.75, 3.05) is 26.2 Å². The molecule has 3 heterocycles. The first kappa shape index (κ1) is 19.1. The van der Waals surface area contributed by atoms with Crippen LogP contribution in [-0.2, 0) is 0 Å². The molecule has 28 heavy (non-hydrogen) atoms. The number of benzene rings is 1. The molecule has 2 aromatic rings. The van der Waals surface area contributed by atoms with E-state index < -0.39 is 0 Å². The topological polar surface area (TPSA) is 62.5 Å². The molecular formula is C22H30N4O2. The number of piperidine rings is 1. The van der Waals surface area contributed by atoms with Gasteiger partial charge in [0.25, 0.3) is 5.91 Å². The van der Waals surface area contributed by atoms with Crippen LogP contribution in [0.25, 0.3) is 0 Å². The zero-order chi connectivity index (χ0) is 19.7. The van der Waals surface area contributed by atoms with Crippen molar-refractivity contribution in [2.24, 2.45) is 11.3 Å². The molecule has 4 rings (SSSR count). The zero-order valence-electron chi connectivity index (χ0n) is 17.1. The second-order valence-electron chi connectivity index (χ2n) is 8.86. The molecule has 1 unspecified atom stereocenters. The molecule has 2 aliphatic heterocycles. The van der Waals surface area contributed by atoms with Gasteiger partial charge in [0.15, 0.2) is 0 Å². The minimum absolute atomic E-state index is 0.150. The summed E-state index contributed by atoms with van der Waals surface area (Å²) in [5.74, 6) is 2.11. The Bertz CT molecular complexity index is 809. The van der Waals surface area contributed by atoms with E-state index in [0.29, 0.717) is 11.8 Å². The van der Waals surface area contributed by atoms with Crippen molar-refractivity contribution in [1.82, 2.24) is 20.0 Å². The van der Waals surface area contributed by atoms with Crippen molar-refractivity contribution >= 4 is 5.91 Å². The quantitative estimate of drug-likeness (QED) is 0.807. The van der Waals surface area contributed by atoms with E-state index >= 15 is 0 Å². The molecule has 2 saturated heterocycles. The van der Waals surface area contributed by atoms with Gasteiger partial charge in [0.2, 0.25) is 11.8 Å². The molecule has 1 aromatic heterocycles. The first-order valence-electron chi connectivity index (χ1n) is 10.3. The fourth-order valence-electron chi connectivity index (χ4n) is 4.81. The minimum Gasteiger partial charge on any atom is -0.424 e. The number of likely N-dealkylation sites (tertiary alicyclic amines) is 2. The van der Waals surface area contributed by atoms with Gasteiger partial charge in [0.1, 0.15) is 0 Å². The predicted octanol–water partition coefficient (Wildman–Crippen LogP) is 3.70. The lowest BCUT2D eigenvalue weighted by atomic mass is 9.76. The molecule has 1 aromatic carbocycles. The highest BCUT2D eigenvalue weighted by Crippen LogP contribution is 2.49. The van der Waals surface area contributed by atoms with E-state index in [9.17, 15) is 4.79 Å². The Morgan fingerprint density at radius 1 is 1.21 bits per heavy atom. The highest BCUT2D eigenvalue weighted by atomic mass is 16.4. The van der Waals surface area contributed by atoms with Crippen LogP contribution < -0.4 is 0 Å². The Balaban J connectivity index is 1.46. The van der Waals surface area contributed by atoms with Crippen LogP contribution >= 0.6 is 0 Å². The van der Waals surface area contributed by atoms with Crippen molar-refractivity contribution in [1.29, 1.82) is 0 Å². The fraction of sp³-hybridized carbons (Fsp3) is 0.591. The van der Waals surface area contributed by atoms with Crippen LogP contribution in [0.15, 0.2) is 34.7 Å². The highest BCUT2D eigenvalue weighted by Gasteiger charge is 2.48. The van der Waals surface area contributed by atoms with Crippen LogP contribution in [-0.4, -0.2) is 52.1 Å². The number of nitrogens with zero attached hydrogens (tertiary/aromatic N) is 4. The monoisotopic (exact) mass is 382 g/mol. The summed E-state index contributed by atoms with van der Waals surface area (Å²) in [5, 5.41) is 8.37. The number of hydrogen-bond acceptors (Lipinski definition) is 5. The number of hydrogen-bond donors (Lipinski definition) is 0. The molecule has 0 aliphatic carbocycles. The summed E-state index contributed by atoms with van der Waals surface area (Å²) < 4.78 is 5.80. The Labute approximate surface area is 166 Å². The molecule has 6 heteroatoms. The first-order chi connectivity index (χ1) is 13.5. The van der Waals surface area contributed by atoms with Crippen molar-refractivity contribution < 1.29 is 9.21 Å². The number of aromatic nitrogens is 2. The summed E-state index contributed by atoms with van der Waals surface area (Å²) in [6.45, 7) is 10.1. The Hall–Kier alpha value is -2.21. The molecule has 0 bridgehead atoms. The molecule has 6 nitrogen and oxygen atoms in total. The molecule has 1 spiro atoms. The Kier molecular flexibility index (Phi) is 5.23. The second-order valence-corrected chi connectivity index (χ2v) is 8.86. The van der Waals surface area contributed by atoms with Crippen molar-refractivity contribution in [3.63, 3.8) is 0 Å². The van der Waals surface area contributed by atoms with Crippen LogP contribution in [0, 0.1) is 18.3 Å². The standard InChI is InChI=1S/C22H30N4O2/c1-16(2)14-26-15-22(13-19(26)20-24-23-17(3)28-20)9-11-25(12-10-22)21(27)18-7-5-4-6-8-18/h4-8,16,19H,9-15H2,1-3H3. The van der Waals surface area contributed by atoms with Gasteiger partial charge in [0, 0.05) is 38.7 Å². The zero-order valence-corrected chi connectivity index (χ0v) is 17.1. The summed E-state index contributed by atoms with van der Waals surface area (Å²) in [6, 6.07) is 9.80. The number of amides is 1. The molecule has 0 radical (unpaired) electrons. The second kappa shape index (κ2) is 7.66. The van der Waals surface area contributed by atoms with Crippen LogP contribution in [0.1, 0.15) is 61.3 Å². The maximum atomic E-state index is 12.8. The summed E-state index contributed by atoms with van der Waals surface area (Å²) in [7, 11) is 0. The third-order valence-electron chi connectivity index (χ3n) is 6.16. The summed E-state index contributed by atoms with van der Waals surface area (Å²) in [4.78, 5) is 17.3. The molecule has 2 fully saturated rings. The minimum atomic E-state index is 0.150. The van der Waals surface area contributed by atoms with E-state index in [1.54, 1.807) is 0 Å². The SMILES string of the molecule is Cc1nnc(C2CC3(CCN(C(=O)c4ccccc4)CC3)CN2CC(C)C)o1. The lowest BCUT2D eigenvalue weighted by Gasteiger charge is -2.39. The van der Waals surface area contributed by atoms with Gasteiger partial charge in [-0.15, -0.1) is 10.2 Å². The molecule has 150 valence electrons. The predicted molar refractivity (Wildman–Crippen MR) is 107 cm³/mol. The fourth-order valence-corrected chi connectivity index (χ4v) is 4.81. The van der Waals surface area contributed by atoms with E-state index in [1.807, 2.05) is 42.2 Å². The Morgan fingerprint density at radius 3 is 2.54 bits per heavy atom. The molecule has 0 N–H and O–H groups in total. The lowest BCUT2D eigenvalue weighted by Crippen LogP contribution is -2.44. The molecule has 0 saturated carbocycles. The van der Waals surface area contributed by atoms with Gasteiger partial charge < -0.3 is 9.32 Å². The van der Waals surface area contributed by atoms with Crippen LogP contribution in [0.5, 0.6) is 0 Å². The van der Waals surface area contributed by atoms with Gasteiger partial charge >= 0.3 is 0 Å². The van der Waals surface area contributed by atoms with Gasteiger partial charge in [0.05, 0.1) is 6.04 Å². The number of rotatable bonds is 4. The summed E-state index contributed by atoms with van der Waals surface area (Å²) >= 11 is 0. The summed E-state index contributed by atoms with van der Waals surface area (Å²) in [6.07, 6.45) is 3.10. The van der Waals surface area contributed by atoms with E-state index in [1.165, 1.54) is 0 Å². The Morgan fingerprint density at radius 2 is 1.93 bits per heavy atom. The van der Waals surface area contributed by atoms with Crippen molar-refractivity contribution in [3.8, 4) is 0 Å². The van der Waals surface area contributed by atoms with Crippen LogP contribution in [0.2, 0.25) is 0 Å². The van der Waals surface area contributed by atoms with E-state index in [-0.39, 0.29) is 17.4 Å². The molecular weight excluding hydrogens is 352 g/mol. The average molecular weight is 383 g/mol. The third-order valence-corrected chi connectivity index (χ3v) is 6.16. The highest BCUT2D eigenvalue weighted by molar-refractivity contribution is 5.94. The van der Waals surface area contributed by atoms with E-state index in [0.717, 1.165) is 56.9 Å². The number of carbonyl (C=O) groups is 1. The van der Waals surface area contributed by atoms with Crippen molar-refractivity contribution in [3.05, 3.63) is 47.7 Å². The third kappa shape index (κ3) is 3.83. The van der Waals surface area contributed by atoms with E-state index in [4.69, 9.17) is 4.42 Å². The van der Waals surface area contributed by atoms with Gasteiger partial charge in [-0.1, -0.05) is 32.0 Å². The largest absolute Gasteiger partial charge is 0.424 e. The van der Waals surface area contributed by atoms with Crippen LogP contribution in [0.3, 0.4) is 0 Å². The van der Waals surface area contributed by atoms with Crippen molar-refractivity contribution in [2.45, 2.75) is 46.1 Å². The first-order valence-corrected chi connectivity index (χ1v) is 10.3. The van der Waals surface area contributed by atoms with Gasteiger partial charge in [-0.05, 0) is 42.7 Å². The maximum Gasteiger partial charge on any atom is 0.253 e. The van der Waals surface area contributed by atoms with Gasteiger partial charge in [-0.2, -0.15) is 0 Å². The molecule has 1 amide bonds. The summed E-state index contributed by atoms with van der Waals surface area (Å²) in [5.41, 5.74) is 1.01.